The van der Waals surface area contributed by atoms with Crippen LogP contribution in [0, 0.1) is 5.82 Å². The molecular weight excluding hydrogens is 577 g/mol. The van der Waals surface area contributed by atoms with Gasteiger partial charge in [-0.3, -0.25) is 9.47 Å². The Morgan fingerprint density at radius 1 is 1.10 bits per heavy atom. The van der Waals surface area contributed by atoms with Crippen LogP contribution in [-0.4, -0.2) is 89.2 Å². The van der Waals surface area contributed by atoms with Crippen molar-refractivity contribution in [2.75, 3.05) is 27.2 Å². The molecule has 1 aliphatic heterocycles. The predicted molar refractivity (Wildman–Crippen MR) is 146 cm³/mol. The van der Waals surface area contributed by atoms with E-state index in [1.807, 2.05) is 0 Å². The van der Waals surface area contributed by atoms with Gasteiger partial charge in [0.25, 0.3) is 0 Å². The second-order valence-electron chi connectivity index (χ2n) is 9.25. The van der Waals surface area contributed by atoms with Crippen LogP contribution in [0.15, 0.2) is 55.0 Å². The summed E-state index contributed by atoms with van der Waals surface area (Å²) in [7, 11) is -0.863. The van der Waals surface area contributed by atoms with Crippen molar-refractivity contribution in [1.29, 1.82) is 0 Å². The van der Waals surface area contributed by atoms with Crippen LogP contribution in [0.3, 0.4) is 0 Å². The summed E-state index contributed by atoms with van der Waals surface area (Å²) in [5, 5.41) is 19.7. The van der Waals surface area contributed by atoms with Crippen molar-refractivity contribution in [3.63, 3.8) is 0 Å². The van der Waals surface area contributed by atoms with Crippen LogP contribution in [0.25, 0.3) is 11.3 Å². The molecular formula is C26H30FN5O9S. The molecule has 1 amide bonds. The maximum Gasteiger partial charge on any atom is 0.414 e. The number of carbonyl (C=O) groups excluding carboxylic acids is 1. The van der Waals surface area contributed by atoms with Crippen LogP contribution in [0.5, 0.6) is 11.5 Å². The fourth-order valence-electron chi connectivity index (χ4n) is 4.26. The molecule has 42 heavy (non-hydrogen) atoms. The lowest BCUT2D eigenvalue weighted by Gasteiger charge is -2.36. The first-order chi connectivity index (χ1) is 19.8. The number of carboxylic acid groups (broad SMARTS) is 2. The molecule has 0 aliphatic carbocycles. The molecule has 14 nitrogen and oxygen atoms in total. The predicted octanol–water partition coefficient (Wildman–Crippen LogP) is 2.00. The van der Waals surface area contributed by atoms with Gasteiger partial charge in [0.15, 0.2) is 11.6 Å². The second kappa shape index (κ2) is 13.9. The minimum atomic E-state index is -4.10. The summed E-state index contributed by atoms with van der Waals surface area (Å²) in [6.45, 7) is 2.31. The van der Waals surface area contributed by atoms with Gasteiger partial charge in [0.2, 0.25) is 0 Å². The number of amides is 1. The average Bonchev–Trinajstić information content (AvgIpc) is 3.44. The molecule has 0 bridgehead atoms. The number of aliphatic carboxylic acids is 2. The molecule has 0 unspecified atom stereocenters. The summed E-state index contributed by atoms with van der Waals surface area (Å²) >= 11 is 0. The number of aromatic nitrogens is 2. The van der Waals surface area contributed by atoms with E-state index in [1.54, 1.807) is 42.4 Å². The van der Waals surface area contributed by atoms with E-state index in [0.29, 0.717) is 17.8 Å². The molecule has 2 heterocycles. The van der Waals surface area contributed by atoms with Crippen molar-refractivity contribution in [2.24, 2.45) is 5.14 Å². The van der Waals surface area contributed by atoms with Crippen LogP contribution in [0.4, 0.5) is 9.18 Å². The van der Waals surface area contributed by atoms with Gasteiger partial charge in [-0.05, 0) is 54.8 Å². The van der Waals surface area contributed by atoms with Gasteiger partial charge in [-0.1, -0.05) is 6.07 Å². The van der Waals surface area contributed by atoms with Gasteiger partial charge in [-0.2, -0.15) is 13.6 Å². The monoisotopic (exact) mass is 607 g/mol. The number of benzene rings is 2. The minimum Gasteiger partial charge on any atom is -0.494 e. The Bertz CT molecular complexity index is 1510. The van der Waals surface area contributed by atoms with E-state index in [-0.39, 0.29) is 29.4 Å². The highest BCUT2D eigenvalue weighted by molar-refractivity contribution is 7.84. The van der Waals surface area contributed by atoms with Crippen LogP contribution in [0.2, 0.25) is 0 Å². The van der Waals surface area contributed by atoms with Crippen LogP contribution in [0.1, 0.15) is 18.4 Å². The largest absolute Gasteiger partial charge is 0.494 e. The summed E-state index contributed by atoms with van der Waals surface area (Å²) in [4.78, 5) is 39.6. The lowest BCUT2D eigenvalue weighted by Crippen LogP contribution is -2.46. The van der Waals surface area contributed by atoms with Gasteiger partial charge >= 0.3 is 28.3 Å². The fraction of sp³-hybridized carbons (Fsp3) is 0.308. The number of halogens is 1. The molecule has 16 heteroatoms. The lowest BCUT2D eigenvalue weighted by atomic mass is 10.0. The Balaban J connectivity index is 0.000000730. The first-order valence-electron chi connectivity index (χ1n) is 12.4. The zero-order valence-corrected chi connectivity index (χ0v) is 23.5. The van der Waals surface area contributed by atoms with Crippen molar-refractivity contribution in [1.82, 2.24) is 19.4 Å². The highest BCUT2D eigenvalue weighted by Gasteiger charge is 2.26. The maximum absolute atomic E-state index is 13.7. The third-order valence-corrected chi connectivity index (χ3v) is 6.80. The van der Waals surface area contributed by atoms with E-state index in [1.165, 1.54) is 36.2 Å². The molecule has 1 aliphatic rings. The Hall–Kier alpha value is -4.54. The Kier molecular flexibility index (Phi) is 10.6. The van der Waals surface area contributed by atoms with Crippen LogP contribution >= 0.6 is 0 Å². The van der Waals surface area contributed by atoms with Crippen molar-refractivity contribution in [3.05, 3.63) is 66.4 Å². The number of carboxylic acids is 2. The number of imidazole rings is 1. The highest BCUT2D eigenvalue weighted by Crippen LogP contribution is 2.24. The molecule has 2 aromatic carbocycles. The smallest absolute Gasteiger partial charge is 0.414 e. The minimum absolute atomic E-state index is 0.0806. The third-order valence-electron chi connectivity index (χ3n) is 6.38. The molecule has 4 N–H and O–H groups in total. The Morgan fingerprint density at radius 2 is 1.71 bits per heavy atom. The van der Waals surface area contributed by atoms with Crippen molar-refractivity contribution in [3.8, 4) is 22.8 Å². The fourth-order valence-corrected chi connectivity index (χ4v) is 4.64. The summed E-state index contributed by atoms with van der Waals surface area (Å²) < 4.78 is 46.9. The van der Waals surface area contributed by atoms with Crippen molar-refractivity contribution in [2.45, 2.75) is 25.4 Å². The summed E-state index contributed by atoms with van der Waals surface area (Å²) in [5.41, 5.74) is 2.23. The van der Waals surface area contributed by atoms with E-state index < -0.39 is 22.2 Å². The standard InChI is InChI=1S/C24H28FN5O5S.C2H2O4/c1-28(19-9-11-29(12-10-19)14-17-3-8-21(25)23(13-17)34-2)24(31)30-15-22(27-16-30)18-4-6-20(7-5-18)35-36(26,32)33;3-1(4)2(5)6/h3-8,13,15-16,19H,9-12,14H2,1-2H3,(H2,26,32,33);(H,3,4)(H,5,6). The zero-order valence-electron chi connectivity index (χ0n) is 22.7. The molecule has 1 fully saturated rings. The number of carbonyl (C=O) groups is 3. The third kappa shape index (κ3) is 8.98. The van der Waals surface area contributed by atoms with Crippen LogP contribution < -0.4 is 14.1 Å². The SMILES string of the molecule is COc1cc(CN2CCC(N(C)C(=O)n3cnc(-c4ccc(OS(N)(=O)=O)cc4)c3)CC2)ccc1F.O=C(O)C(=O)O. The van der Waals surface area contributed by atoms with Gasteiger partial charge < -0.3 is 24.0 Å². The van der Waals surface area contributed by atoms with Crippen molar-refractivity contribution < 1.29 is 46.3 Å². The van der Waals surface area contributed by atoms with Crippen LogP contribution in [-0.2, 0) is 26.4 Å². The molecule has 0 spiro atoms. The molecule has 0 atom stereocenters. The van der Waals surface area contributed by atoms with Crippen molar-refractivity contribution >= 4 is 28.3 Å². The molecule has 1 saturated heterocycles. The molecule has 226 valence electrons. The average molecular weight is 608 g/mol. The normalized spacial score (nSPS) is 13.9. The van der Waals surface area contributed by atoms with E-state index in [2.05, 4.69) is 14.1 Å². The number of methoxy groups -OCH3 is 1. The maximum atomic E-state index is 13.7. The molecule has 0 radical (unpaired) electrons. The van der Waals surface area contributed by atoms with Gasteiger partial charge in [-0.25, -0.2) is 23.8 Å². The molecule has 0 saturated carbocycles. The number of nitrogens with zero attached hydrogens (tertiary/aromatic N) is 4. The lowest BCUT2D eigenvalue weighted by molar-refractivity contribution is -0.159. The van der Waals surface area contributed by atoms with E-state index in [0.717, 1.165) is 31.5 Å². The molecule has 3 aromatic rings. The topological polar surface area (TPSA) is 195 Å². The summed E-state index contributed by atoms with van der Waals surface area (Å²) in [6.07, 6.45) is 4.71. The van der Waals surface area contributed by atoms with Gasteiger partial charge in [0, 0.05) is 44.5 Å². The number of hydrogen-bond acceptors (Lipinski definition) is 9. The van der Waals surface area contributed by atoms with E-state index in [9.17, 15) is 17.6 Å². The number of hydrogen-bond donors (Lipinski definition) is 3. The Morgan fingerprint density at radius 3 is 2.26 bits per heavy atom. The summed E-state index contributed by atoms with van der Waals surface area (Å²) in [6, 6.07) is 11.0. The quantitative estimate of drug-likeness (QED) is 0.333. The summed E-state index contributed by atoms with van der Waals surface area (Å²) in [5.74, 6) is -3.71. The van der Waals surface area contributed by atoms with Gasteiger partial charge in [0.1, 0.15) is 12.1 Å². The molecule has 1 aromatic heterocycles. The second-order valence-corrected chi connectivity index (χ2v) is 10.4. The first-order valence-corrected chi connectivity index (χ1v) is 13.9. The van der Waals surface area contributed by atoms with E-state index >= 15 is 0 Å². The molecule has 4 rings (SSSR count). The highest BCUT2D eigenvalue weighted by atomic mass is 32.2. The number of nitrogens with two attached hydrogens (primary N) is 1. The number of rotatable bonds is 7. The number of ether oxygens (including phenoxy) is 1. The first kappa shape index (κ1) is 32.0. The van der Waals surface area contributed by atoms with Gasteiger partial charge in [-0.15, -0.1) is 0 Å². The van der Waals surface area contributed by atoms with E-state index in [4.69, 9.17) is 29.7 Å². The Labute approximate surface area is 240 Å². The number of likely N-dealkylation sites (tertiary alicyclic amines) is 1. The van der Waals surface area contributed by atoms with Gasteiger partial charge in [0.05, 0.1) is 12.8 Å². The zero-order chi connectivity index (χ0) is 31.0. The number of piperidine rings is 1.